The largest absolute Gasteiger partial charge is 0.330 e. The van der Waals surface area contributed by atoms with Crippen molar-refractivity contribution in [1.82, 2.24) is 19.5 Å². The predicted molar refractivity (Wildman–Crippen MR) is 63.4 cm³/mol. The fourth-order valence-corrected chi connectivity index (χ4v) is 1.75. The van der Waals surface area contributed by atoms with Crippen molar-refractivity contribution in [3.8, 4) is 11.5 Å². The molecule has 2 heterocycles. The van der Waals surface area contributed by atoms with Crippen molar-refractivity contribution in [2.24, 2.45) is 0 Å². The quantitative estimate of drug-likeness (QED) is 0.805. The van der Waals surface area contributed by atoms with Crippen LogP contribution in [0.25, 0.3) is 11.5 Å². The highest BCUT2D eigenvalue weighted by Crippen LogP contribution is 2.23. The average molecular weight is 237 g/mol. The van der Waals surface area contributed by atoms with E-state index in [1.54, 1.807) is 6.20 Å². The molecule has 0 saturated carbocycles. The van der Waals surface area contributed by atoms with Gasteiger partial charge in [0.2, 0.25) is 0 Å². The molecular weight excluding hydrogens is 224 g/mol. The highest BCUT2D eigenvalue weighted by Gasteiger charge is 2.13. The number of rotatable bonds is 2. The molecular formula is C11H13ClN4. The number of aryl methyl sites for hydroxylation is 3. The number of imidazole rings is 1. The maximum Gasteiger partial charge on any atom is 0.161 e. The van der Waals surface area contributed by atoms with E-state index in [1.165, 1.54) is 0 Å². The first kappa shape index (κ1) is 11.1. The Bertz CT molecular complexity index is 519. The van der Waals surface area contributed by atoms with Gasteiger partial charge >= 0.3 is 0 Å². The van der Waals surface area contributed by atoms with E-state index in [2.05, 4.69) is 15.0 Å². The van der Waals surface area contributed by atoms with Gasteiger partial charge in [-0.3, -0.25) is 0 Å². The lowest BCUT2D eigenvalue weighted by Crippen LogP contribution is -2.02. The van der Waals surface area contributed by atoms with Gasteiger partial charge in [0, 0.05) is 18.9 Å². The Labute approximate surface area is 99.3 Å². The van der Waals surface area contributed by atoms with E-state index < -0.39 is 0 Å². The van der Waals surface area contributed by atoms with Gasteiger partial charge in [-0.15, -0.1) is 0 Å². The monoisotopic (exact) mass is 236 g/mol. The topological polar surface area (TPSA) is 43.6 Å². The molecule has 0 unspecified atom stereocenters. The predicted octanol–water partition coefficient (Wildman–Crippen LogP) is 2.63. The van der Waals surface area contributed by atoms with Gasteiger partial charge in [0.05, 0.1) is 11.4 Å². The number of hydrogen-bond donors (Lipinski definition) is 0. The zero-order chi connectivity index (χ0) is 11.7. The lowest BCUT2D eigenvalue weighted by atomic mass is 10.3. The van der Waals surface area contributed by atoms with Gasteiger partial charge in [0.15, 0.2) is 11.0 Å². The van der Waals surface area contributed by atoms with Crippen molar-refractivity contribution in [2.75, 3.05) is 0 Å². The molecule has 4 nitrogen and oxygen atoms in total. The minimum atomic E-state index is 0.406. The molecule has 2 aromatic heterocycles. The molecule has 0 radical (unpaired) electrons. The van der Waals surface area contributed by atoms with Crippen LogP contribution in [-0.2, 0) is 6.54 Å². The van der Waals surface area contributed by atoms with Crippen molar-refractivity contribution in [1.29, 1.82) is 0 Å². The Hall–Kier alpha value is -1.42. The Morgan fingerprint density at radius 1 is 1.25 bits per heavy atom. The molecule has 0 N–H and O–H groups in total. The van der Waals surface area contributed by atoms with Crippen molar-refractivity contribution >= 4 is 11.6 Å². The van der Waals surface area contributed by atoms with Crippen LogP contribution in [0.3, 0.4) is 0 Å². The van der Waals surface area contributed by atoms with Crippen LogP contribution in [0, 0.1) is 13.8 Å². The van der Waals surface area contributed by atoms with Crippen molar-refractivity contribution in [2.45, 2.75) is 27.3 Å². The second-order valence-corrected chi connectivity index (χ2v) is 3.93. The maximum atomic E-state index is 6.09. The van der Waals surface area contributed by atoms with Crippen LogP contribution >= 0.6 is 11.6 Å². The molecule has 0 bridgehead atoms. The van der Waals surface area contributed by atoms with Gasteiger partial charge in [-0.2, -0.15) is 0 Å². The average Bonchev–Trinajstić information content (AvgIpc) is 2.71. The first-order chi connectivity index (χ1) is 7.63. The van der Waals surface area contributed by atoms with Gasteiger partial charge in [-0.1, -0.05) is 11.6 Å². The summed E-state index contributed by atoms with van der Waals surface area (Å²) in [5.41, 5.74) is 2.38. The molecule has 2 aromatic rings. The lowest BCUT2D eigenvalue weighted by Gasteiger charge is -2.07. The third-order valence-electron chi connectivity index (χ3n) is 2.53. The zero-order valence-corrected chi connectivity index (χ0v) is 10.3. The van der Waals surface area contributed by atoms with Crippen molar-refractivity contribution < 1.29 is 0 Å². The second-order valence-electron chi connectivity index (χ2n) is 3.57. The van der Waals surface area contributed by atoms with Crippen LogP contribution in [-0.4, -0.2) is 19.5 Å². The zero-order valence-electron chi connectivity index (χ0n) is 9.53. The van der Waals surface area contributed by atoms with E-state index in [4.69, 9.17) is 11.6 Å². The summed E-state index contributed by atoms with van der Waals surface area (Å²) >= 11 is 6.09. The Morgan fingerprint density at radius 3 is 2.62 bits per heavy atom. The number of hydrogen-bond acceptors (Lipinski definition) is 3. The van der Waals surface area contributed by atoms with Gasteiger partial charge in [0.25, 0.3) is 0 Å². The van der Waals surface area contributed by atoms with Crippen LogP contribution in [0.15, 0.2) is 12.4 Å². The first-order valence-corrected chi connectivity index (χ1v) is 5.53. The summed E-state index contributed by atoms with van der Waals surface area (Å²) in [7, 11) is 0. The third kappa shape index (κ3) is 1.80. The second kappa shape index (κ2) is 4.22. The smallest absolute Gasteiger partial charge is 0.161 e. The van der Waals surface area contributed by atoms with Gasteiger partial charge in [-0.05, 0) is 20.8 Å². The SMILES string of the molecule is CCn1ccnc1-c1nc(C)c(C)nc1Cl. The fourth-order valence-electron chi connectivity index (χ4n) is 1.50. The molecule has 0 fully saturated rings. The number of aromatic nitrogens is 4. The Morgan fingerprint density at radius 2 is 1.94 bits per heavy atom. The summed E-state index contributed by atoms with van der Waals surface area (Å²) in [6.45, 7) is 6.69. The van der Waals surface area contributed by atoms with Crippen LogP contribution in [0.1, 0.15) is 18.3 Å². The fraction of sp³-hybridized carbons (Fsp3) is 0.364. The highest BCUT2D eigenvalue weighted by atomic mass is 35.5. The van der Waals surface area contributed by atoms with E-state index in [1.807, 2.05) is 31.5 Å². The van der Waals surface area contributed by atoms with E-state index in [-0.39, 0.29) is 0 Å². The summed E-state index contributed by atoms with van der Waals surface area (Å²) in [6, 6.07) is 0. The van der Waals surface area contributed by atoms with E-state index in [0.717, 1.165) is 23.8 Å². The summed E-state index contributed by atoms with van der Waals surface area (Å²) in [6.07, 6.45) is 3.65. The van der Waals surface area contributed by atoms with Gasteiger partial charge in [-0.25, -0.2) is 15.0 Å². The highest BCUT2D eigenvalue weighted by molar-refractivity contribution is 6.31. The maximum absolute atomic E-state index is 6.09. The molecule has 16 heavy (non-hydrogen) atoms. The molecule has 0 aromatic carbocycles. The normalized spacial score (nSPS) is 10.8. The van der Waals surface area contributed by atoms with Gasteiger partial charge in [0.1, 0.15) is 5.69 Å². The minimum Gasteiger partial charge on any atom is -0.330 e. The molecule has 0 aliphatic rings. The molecule has 5 heteroatoms. The number of nitrogens with zero attached hydrogens (tertiary/aromatic N) is 4. The van der Waals surface area contributed by atoms with Crippen LogP contribution in [0.5, 0.6) is 0 Å². The van der Waals surface area contributed by atoms with E-state index in [0.29, 0.717) is 10.8 Å². The van der Waals surface area contributed by atoms with Crippen molar-refractivity contribution in [3.63, 3.8) is 0 Å². The van der Waals surface area contributed by atoms with Crippen molar-refractivity contribution in [3.05, 3.63) is 28.9 Å². The molecule has 0 aliphatic carbocycles. The molecule has 0 spiro atoms. The molecule has 0 saturated heterocycles. The Kier molecular flexibility index (Phi) is 2.92. The molecule has 0 atom stereocenters. The summed E-state index contributed by atoms with van der Waals surface area (Å²) in [5.74, 6) is 0.767. The lowest BCUT2D eigenvalue weighted by molar-refractivity contribution is 0.766. The summed E-state index contributed by atoms with van der Waals surface area (Å²) in [4.78, 5) is 13.0. The van der Waals surface area contributed by atoms with Crippen LogP contribution in [0.4, 0.5) is 0 Å². The molecule has 2 rings (SSSR count). The van der Waals surface area contributed by atoms with E-state index >= 15 is 0 Å². The van der Waals surface area contributed by atoms with Crippen LogP contribution in [0.2, 0.25) is 5.15 Å². The number of halogens is 1. The Balaban J connectivity index is 2.60. The molecule has 84 valence electrons. The van der Waals surface area contributed by atoms with E-state index in [9.17, 15) is 0 Å². The molecule has 0 amide bonds. The third-order valence-corrected chi connectivity index (χ3v) is 2.80. The summed E-state index contributed by atoms with van der Waals surface area (Å²) in [5, 5.41) is 0.406. The molecule has 0 aliphatic heterocycles. The first-order valence-electron chi connectivity index (χ1n) is 5.15. The van der Waals surface area contributed by atoms with Crippen LogP contribution < -0.4 is 0 Å². The standard InChI is InChI=1S/C11H13ClN4/c1-4-16-6-5-13-11(16)9-10(12)15-8(3)7(2)14-9/h5-6H,4H2,1-3H3. The summed E-state index contributed by atoms with van der Waals surface area (Å²) < 4.78 is 1.99. The minimum absolute atomic E-state index is 0.406. The van der Waals surface area contributed by atoms with Gasteiger partial charge < -0.3 is 4.57 Å².